The number of nitrogens with one attached hydrogen (secondary N) is 1. The number of hydrogen-bond donors (Lipinski definition) is 2. The Labute approximate surface area is 94.9 Å². The third kappa shape index (κ3) is 3.58. The number of hydrogen-bond acceptors (Lipinski definition) is 4. The fourth-order valence-corrected chi connectivity index (χ4v) is 1.04. The SMILES string of the molecule is Cc1cc(C(=O)NCC(C)(C)CO)ncn1. The van der Waals surface area contributed by atoms with Gasteiger partial charge in [0.2, 0.25) is 0 Å². The van der Waals surface area contributed by atoms with Crippen molar-refractivity contribution in [3.8, 4) is 0 Å². The molecule has 16 heavy (non-hydrogen) atoms. The van der Waals surface area contributed by atoms with Gasteiger partial charge in [-0.2, -0.15) is 0 Å². The van der Waals surface area contributed by atoms with Crippen molar-refractivity contribution >= 4 is 5.91 Å². The number of aliphatic hydroxyl groups is 1. The van der Waals surface area contributed by atoms with Gasteiger partial charge < -0.3 is 10.4 Å². The normalized spacial score (nSPS) is 11.2. The van der Waals surface area contributed by atoms with Crippen LogP contribution in [0.25, 0.3) is 0 Å². The van der Waals surface area contributed by atoms with E-state index in [1.807, 2.05) is 13.8 Å². The number of amides is 1. The Bertz CT molecular complexity index is 377. The summed E-state index contributed by atoms with van der Waals surface area (Å²) in [7, 11) is 0. The van der Waals surface area contributed by atoms with E-state index in [-0.39, 0.29) is 17.9 Å². The summed E-state index contributed by atoms with van der Waals surface area (Å²) in [6.45, 7) is 5.98. The van der Waals surface area contributed by atoms with Gasteiger partial charge in [-0.1, -0.05) is 13.8 Å². The summed E-state index contributed by atoms with van der Waals surface area (Å²) < 4.78 is 0. The molecule has 1 aromatic rings. The highest BCUT2D eigenvalue weighted by atomic mass is 16.3. The second kappa shape index (κ2) is 5.03. The van der Waals surface area contributed by atoms with E-state index in [9.17, 15) is 4.79 Å². The molecule has 0 bridgehead atoms. The van der Waals surface area contributed by atoms with Crippen LogP contribution in [-0.2, 0) is 0 Å². The molecule has 88 valence electrons. The number of carbonyl (C=O) groups excluding carboxylic acids is 1. The van der Waals surface area contributed by atoms with Gasteiger partial charge in [0.1, 0.15) is 12.0 Å². The van der Waals surface area contributed by atoms with Crippen LogP contribution in [0, 0.1) is 12.3 Å². The summed E-state index contributed by atoms with van der Waals surface area (Å²) in [6, 6.07) is 1.63. The molecule has 5 heteroatoms. The van der Waals surface area contributed by atoms with Crippen LogP contribution in [0.2, 0.25) is 0 Å². The second-order valence-electron chi connectivity index (χ2n) is 4.55. The van der Waals surface area contributed by atoms with E-state index < -0.39 is 0 Å². The smallest absolute Gasteiger partial charge is 0.270 e. The van der Waals surface area contributed by atoms with Gasteiger partial charge in [0.15, 0.2) is 0 Å². The molecule has 1 rings (SSSR count). The van der Waals surface area contributed by atoms with Gasteiger partial charge in [-0.05, 0) is 13.0 Å². The van der Waals surface area contributed by atoms with E-state index in [0.717, 1.165) is 5.69 Å². The van der Waals surface area contributed by atoms with Crippen molar-refractivity contribution in [2.45, 2.75) is 20.8 Å². The predicted molar refractivity (Wildman–Crippen MR) is 60.0 cm³/mol. The molecule has 0 saturated heterocycles. The third-order valence-electron chi connectivity index (χ3n) is 2.19. The van der Waals surface area contributed by atoms with E-state index in [0.29, 0.717) is 12.2 Å². The highest BCUT2D eigenvalue weighted by molar-refractivity contribution is 5.92. The van der Waals surface area contributed by atoms with Crippen LogP contribution >= 0.6 is 0 Å². The van der Waals surface area contributed by atoms with E-state index in [1.54, 1.807) is 13.0 Å². The molecule has 0 aromatic carbocycles. The first-order valence-electron chi connectivity index (χ1n) is 5.12. The van der Waals surface area contributed by atoms with Crippen molar-refractivity contribution in [3.63, 3.8) is 0 Å². The quantitative estimate of drug-likeness (QED) is 0.781. The van der Waals surface area contributed by atoms with Gasteiger partial charge in [-0.3, -0.25) is 4.79 Å². The van der Waals surface area contributed by atoms with Crippen molar-refractivity contribution in [3.05, 3.63) is 23.8 Å². The standard InChI is InChI=1S/C11H17N3O2/c1-8-4-9(14-7-13-8)10(16)12-5-11(2,3)6-15/h4,7,15H,5-6H2,1-3H3,(H,12,16). The maximum absolute atomic E-state index is 11.7. The summed E-state index contributed by atoms with van der Waals surface area (Å²) in [5.41, 5.74) is 0.778. The fourth-order valence-electron chi connectivity index (χ4n) is 1.04. The number of aliphatic hydroxyl groups excluding tert-OH is 1. The molecule has 0 fully saturated rings. The number of aryl methyl sites for hydroxylation is 1. The molecule has 1 amide bonds. The molecule has 0 spiro atoms. The number of rotatable bonds is 4. The van der Waals surface area contributed by atoms with Gasteiger partial charge in [0.05, 0.1) is 0 Å². The van der Waals surface area contributed by atoms with Crippen LogP contribution in [0.5, 0.6) is 0 Å². The van der Waals surface area contributed by atoms with E-state index in [2.05, 4.69) is 15.3 Å². The lowest BCUT2D eigenvalue weighted by Crippen LogP contribution is -2.36. The lowest BCUT2D eigenvalue weighted by Gasteiger charge is -2.21. The Kier molecular flexibility index (Phi) is 3.95. The number of nitrogens with zero attached hydrogens (tertiary/aromatic N) is 2. The second-order valence-corrected chi connectivity index (χ2v) is 4.55. The monoisotopic (exact) mass is 223 g/mol. The van der Waals surface area contributed by atoms with Crippen LogP contribution in [0.15, 0.2) is 12.4 Å². The molecule has 2 N–H and O–H groups in total. The molecular weight excluding hydrogens is 206 g/mol. The molecule has 1 aromatic heterocycles. The van der Waals surface area contributed by atoms with Crippen LogP contribution in [-0.4, -0.2) is 34.1 Å². The highest BCUT2D eigenvalue weighted by Gasteiger charge is 2.18. The average molecular weight is 223 g/mol. The zero-order valence-corrected chi connectivity index (χ0v) is 9.82. The summed E-state index contributed by atoms with van der Waals surface area (Å²) in [5, 5.41) is 11.8. The predicted octanol–water partition coefficient (Wildman–Crippen LogP) is 0.533. The Balaban J connectivity index is 2.60. The maximum atomic E-state index is 11.7. The molecule has 0 unspecified atom stereocenters. The van der Waals surface area contributed by atoms with Crippen LogP contribution in [0.4, 0.5) is 0 Å². The molecular formula is C11H17N3O2. The molecule has 1 heterocycles. The summed E-state index contributed by atoms with van der Waals surface area (Å²) in [4.78, 5) is 19.5. The molecule has 0 aliphatic carbocycles. The van der Waals surface area contributed by atoms with Gasteiger partial charge in [0.25, 0.3) is 5.91 Å². The zero-order valence-electron chi connectivity index (χ0n) is 9.82. The fraction of sp³-hybridized carbons (Fsp3) is 0.545. The van der Waals surface area contributed by atoms with Gasteiger partial charge >= 0.3 is 0 Å². The lowest BCUT2D eigenvalue weighted by molar-refractivity contribution is 0.0906. The first-order chi connectivity index (χ1) is 7.44. The van der Waals surface area contributed by atoms with E-state index in [4.69, 9.17) is 5.11 Å². The summed E-state index contributed by atoms with van der Waals surface area (Å²) >= 11 is 0. The first-order valence-corrected chi connectivity index (χ1v) is 5.12. The van der Waals surface area contributed by atoms with Crippen molar-refractivity contribution in [1.82, 2.24) is 15.3 Å². The number of aromatic nitrogens is 2. The maximum Gasteiger partial charge on any atom is 0.270 e. The Morgan fingerprint density at radius 2 is 2.19 bits per heavy atom. The summed E-state index contributed by atoms with van der Waals surface area (Å²) in [5.74, 6) is -0.243. The van der Waals surface area contributed by atoms with E-state index in [1.165, 1.54) is 6.33 Å². The minimum absolute atomic E-state index is 0.0239. The Hall–Kier alpha value is -1.49. The van der Waals surface area contributed by atoms with E-state index >= 15 is 0 Å². The topological polar surface area (TPSA) is 75.1 Å². The molecule has 0 atom stereocenters. The van der Waals surface area contributed by atoms with Gasteiger partial charge in [-0.25, -0.2) is 9.97 Å². The lowest BCUT2D eigenvalue weighted by atomic mass is 9.95. The molecule has 5 nitrogen and oxygen atoms in total. The van der Waals surface area contributed by atoms with Crippen LogP contribution < -0.4 is 5.32 Å². The van der Waals surface area contributed by atoms with Crippen LogP contribution in [0.1, 0.15) is 30.0 Å². The van der Waals surface area contributed by atoms with Crippen molar-refractivity contribution in [1.29, 1.82) is 0 Å². The minimum Gasteiger partial charge on any atom is -0.396 e. The largest absolute Gasteiger partial charge is 0.396 e. The molecule has 0 saturated carbocycles. The Morgan fingerprint density at radius 3 is 2.75 bits per heavy atom. The van der Waals surface area contributed by atoms with Crippen LogP contribution in [0.3, 0.4) is 0 Å². The third-order valence-corrected chi connectivity index (χ3v) is 2.19. The molecule has 0 aliphatic heterocycles. The average Bonchev–Trinajstić information content (AvgIpc) is 2.26. The first kappa shape index (κ1) is 12.6. The zero-order chi connectivity index (χ0) is 12.2. The minimum atomic E-state index is -0.322. The van der Waals surface area contributed by atoms with Gasteiger partial charge in [0, 0.05) is 24.3 Å². The number of carbonyl (C=O) groups is 1. The Morgan fingerprint density at radius 1 is 1.50 bits per heavy atom. The summed E-state index contributed by atoms with van der Waals surface area (Å²) in [6.07, 6.45) is 1.36. The van der Waals surface area contributed by atoms with Crippen molar-refractivity contribution in [2.24, 2.45) is 5.41 Å². The van der Waals surface area contributed by atoms with Crippen molar-refractivity contribution < 1.29 is 9.90 Å². The van der Waals surface area contributed by atoms with Crippen molar-refractivity contribution in [2.75, 3.05) is 13.2 Å². The molecule has 0 aliphatic rings. The molecule has 0 radical (unpaired) electrons. The highest BCUT2D eigenvalue weighted by Crippen LogP contribution is 2.11. The van der Waals surface area contributed by atoms with Gasteiger partial charge in [-0.15, -0.1) is 0 Å².